The van der Waals surface area contributed by atoms with Crippen LogP contribution < -0.4 is 0 Å². The lowest BCUT2D eigenvalue weighted by atomic mass is 10.1. The number of hydrogen-bond donors (Lipinski definition) is 0. The Labute approximate surface area is 148 Å². The molecule has 0 atom stereocenters. The summed E-state index contributed by atoms with van der Waals surface area (Å²) < 4.78 is 1.44. The van der Waals surface area contributed by atoms with Crippen LogP contribution in [0.4, 0.5) is 0 Å². The molecule has 136 valence electrons. The second kappa shape index (κ2) is 17.6. The van der Waals surface area contributed by atoms with Crippen molar-refractivity contribution in [3.05, 3.63) is 0 Å². The van der Waals surface area contributed by atoms with E-state index in [-0.39, 0.29) is 12.4 Å². The van der Waals surface area contributed by atoms with Crippen LogP contribution in [0.25, 0.3) is 0 Å². The first kappa shape index (κ1) is 24.5. The van der Waals surface area contributed by atoms with Gasteiger partial charge < -0.3 is 4.48 Å². The maximum absolute atomic E-state index is 2.33. The number of hydrogen-bond acceptors (Lipinski definition) is 0. The third kappa shape index (κ3) is 12.8. The van der Waals surface area contributed by atoms with Gasteiger partial charge in [0, 0.05) is 0 Å². The zero-order valence-electron chi connectivity index (χ0n) is 16.2. The van der Waals surface area contributed by atoms with Crippen molar-refractivity contribution in [2.24, 2.45) is 0 Å². The molecule has 0 aromatic heterocycles. The van der Waals surface area contributed by atoms with E-state index in [9.17, 15) is 0 Å². The van der Waals surface area contributed by atoms with Crippen molar-refractivity contribution in [2.45, 2.75) is 105 Å². The third-order valence-electron chi connectivity index (χ3n) is 4.94. The Morgan fingerprint density at radius 1 is 0.409 bits per heavy atom. The number of nitrogens with zero attached hydrogens (tertiary/aromatic N) is 1. The largest absolute Gasteiger partial charge is 0.324 e. The summed E-state index contributed by atoms with van der Waals surface area (Å²) in [4.78, 5) is 0. The molecule has 0 aromatic rings. The molecule has 0 amide bonds. The van der Waals surface area contributed by atoms with E-state index in [0.717, 1.165) is 0 Å². The van der Waals surface area contributed by atoms with Crippen molar-refractivity contribution in [2.75, 3.05) is 26.2 Å². The first-order valence-electron chi connectivity index (χ1n) is 10.1. The highest BCUT2D eigenvalue weighted by Crippen LogP contribution is 2.18. The SMILES string of the molecule is CCCCC[N+](CCCCC)(CCCCC)CCCCC.Cl. The van der Waals surface area contributed by atoms with Gasteiger partial charge in [0.25, 0.3) is 0 Å². The van der Waals surface area contributed by atoms with Crippen LogP contribution in [0.2, 0.25) is 0 Å². The minimum Gasteiger partial charge on any atom is -0.324 e. The molecule has 0 saturated heterocycles. The molecule has 0 bridgehead atoms. The van der Waals surface area contributed by atoms with Crippen LogP contribution in [0.5, 0.6) is 0 Å². The van der Waals surface area contributed by atoms with Crippen LogP contribution in [0.1, 0.15) is 105 Å². The van der Waals surface area contributed by atoms with Crippen LogP contribution in [-0.4, -0.2) is 30.7 Å². The van der Waals surface area contributed by atoms with E-state index in [0.29, 0.717) is 0 Å². The molecule has 0 N–H and O–H groups in total. The molecule has 0 unspecified atom stereocenters. The highest BCUT2D eigenvalue weighted by molar-refractivity contribution is 5.85. The van der Waals surface area contributed by atoms with Crippen molar-refractivity contribution in [1.29, 1.82) is 0 Å². The first-order chi connectivity index (χ1) is 10.2. The van der Waals surface area contributed by atoms with Gasteiger partial charge in [-0.05, 0) is 51.4 Å². The van der Waals surface area contributed by atoms with E-state index in [1.807, 2.05) is 0 Å². The zero-order valence-corrected chi connectivity index (χ0v) is 17.0. The molecule has 1 nitrogen and oxygen atoms in total. The number of unbranched alkanes of at least 4 members (excludes halogenated alkanes) is 8. The third-order valence-corrected chi connectivity index (χ3v) is 4.94. The maximum Gasteiger partial charge on any atom is 0.0786 e. The van der Waals surface area contributed by atoms with Crippen molar-refractivity contribution >= 4 is 12.4 Å². The summed E-state index contributed by atoms with van der Waals surface area (Å²) >= 11 is 0. The van der Waals surface area contributed by atoms with E-state index in [4.69, 9.17) is 0 Å². The molecule has 0 aliphatic heterocycles. The van der Waals surface area contributed by atoms with Crippen LogP contribution >= 0.6 is 12.4 Å². The van der Waals surface area contributed by atoms with Crippen molar-refractivity contribution < 1.29 is 4.48 Å². The standard InChI is InChI=1S/C20H44N.ClH/c1-5-9-13-17-21(18-14-10-6-2,19-15-11-7-3)20-16-12-8-4;/h5-20H2,1-4H3;1H/q+1;. The summed E-state index contributed by atoms with van der Waals surface area (Å²) in [7, 11) is 0. The smallest absolute Gasteiger partial charge is 0.0786 e. The Kier molecular flexibility index (Phi) is 19.6. The summed E-state index contributed by atoms with van der Waals surface area (Å²) in [5.41, 5.74) is 0. The van der Waals surface area contributed by atoms with Gasteiger partial charge >= 0.3 is 0 Å². The highest BCUT2D eigenvalue weighted by Gasteiger charge is 2.25. The normalized spacial score (nSPS) is 11.5. The minimum absolute atomic E-state index is 0. The average Bonchev–Trinajstić information content (AvgIpc) is 2.48. The van der Waals surface area contributed by atoms with Crippen molar-refractivity contribution in [1.82, 2.24) is 0 Å². The summed E-state index contributed by atoms with van der Waals surface area (Å²) in [6, 6.07) is 0. The number of rotatable bonds is 16. The predicted octanol–water partition coefficient (Wildman–Crippen LogP) is 6.99. The molecule has 2 heteroatoms. The first-order valence-corrected chi connectivity index (χ1v) is 10.1. The van der Waals surface area contributed by atoms with E-state index in [2.05, 4.69) is 27.7 Å². The molecule has 0 aromatic carbocycles. The lowest BCUT2D eigenvalue weighted by molar-refractivity contribution is -0.929. The molecular formula is C20H45ClN+. The lowest BCUT2D eigenvalue weighted by Gasteiger charge is -2.39. The summed E-state index contributed by atoms with van der Waals surface area (Å²) in [5, 5.41) is 0. The van der Waals surface area contributed by atoms with Gasteiger partial charge in [-0.3, -0.25) is 0 Å². The predicted molar refractivity (Wildman–Crippen MR) is 105 cm³/mol. The van der Waals surface area contributed by atoms with E-state index < -0.39 is 0 Å². The average molecular weight is 335 g/mol. The Morgan fingerprint density at radius 3 is 0.818 bits per heavy atom. The van der Waals surface area contributed by atoms with Gasteiger partial charge in [-0.15, -0.1) is 12.4 Å². The molecule has 0 saturated carbocycles. The second-order valence-electron chi connectivity index (χ2n) is 7.06. The van der Waals surface area contributed by atoms with Gasteiger partial charge in [-0.25, -0.2) is 0 Å². The van der Waals surface area contributed by atoms with E-state index in [1.54, 1.807) is 0 Å². The Morgan fingerprint density at radius 2 is 0.636 bits per heavy atom. The molecule has 0 radical (unpaired) electrons. The summed E-state index contributed by atoms with van der Waals surface area (Å²) in [6.45, 7) is 15.1. The van der Waals surface area contributed by atoms with Gasteiger partial charge in [-0.2, -0.15) is 0 Å². The molecule has 22 heavy (non-hydrogen) atoms. The minimum atomic E-state index is 0. The molecule has 0 rings (SSSR count). The van der Waals surface area contributed by atoms with Gasteiger partial charge in [0.05, 0.1) is 26.2 Å². The van der Waals surface area contributed by atoms with Gasteiger partial charge in [0.1, 0.15) is 0 Å². The Balaban J connectivity index is 0. The topological polar surface area (TPSA) is 0 Å². The van der Waals surface area contributed by atoms with Crippen LogP contribution in [-0.2, 0) is 0 Å². The highest BCUT2D eigenvalue weighted by atomic mass is 35.5. The fourth-order valence-corrected chi connectivity index (χ4v) is 3.46. The zero-order chi connectivity index (χ0) is 15.8. The van der Waals surface area contributed by atoms with E-state index >= 15 is 0 Å². The molecule has 0 aliphatic rings. The summed E-state index contributed by atoms with van der Waals surface area (Å²) in [6.07, 6.45) is 16.9. The molecule has 0 aliphatic carbocycles. The van der Waals surface area contributed by atoms with Crippen molar-refractivity contribution in [3.63, 3.8) is 0 Å². The lowest BCUT2D eigenvalue weighted by Crippen LogP contribution is -2.50. The molecule has 0 fully saturated rings. The van der Waals surface area contributed by atoms with Crippen LogP contribution in [0.15, 0.2) is 0 Å². The quantitative estimate of drug-likeness (QED) is 0.211. The van der Waals surface area contributed by atoms with E-state index in [1.165, 1.54) is 108 Å². The molecule has 0 spiro atoms. The fourth-order valence-electron chi connectivity index (χ4n) is 3.46. The van der Waals surface area contributed by atoms with Crippen LogP contribution in [0, 0.1) is 0 Å². The molecular weight excluding hydrogens is 290 g/mol. The fraction of sp³-hybridized carbons (Fsp3) is 1.00. The van der Waals surface area contributed by atoms with Crippen LogP contribution in [0.3, 0.4) is 0 Å². The maximum atomic E-state index is 2.33. The van der Waals surface area contributed by atoms with Gasteiger partial charge in [0.15, 0.2) is 0 Å². The summed E-state index contributed by atoms with van der Waals surface area (Å²) in [5.74, 6) is 0. The number of quaternary nitrogens is 1. The monoisotopic (exact) mass is 334 g/mol. The Bertz CT molecular complexity index is 160. The molecule has 0 heterocycles. The Hall–Kier alpha value is 0.250. The number of halogens is 1. The van der Waals surface area contributed by atoms with Gasteiger partial charge in [0.2, 0.25) is 0 Å². The van der Waals surface area contributed by atoms with Gasteiger partial charge in [-0.1, -0.05) is 53.4 Å². The second-order valence-corrected chi connectivity index (χ2v) is 7.06. The van der Waals surface area contributed by atoms with Crippen molar-refractivity contribution in [3.8, 4) is 0 Å².